The van der Waals surface area contributed by atoms with Crippen LogP contribution in [0.15, 0.2) is 78.9 Å². The van der Waals surface area contributed by atoms with Crippen LogP contribution < -0.4 is 10.1 Å². The monoisotopic (exact) mass is 393 g/mol. The number of carboxylic acid groups (broad SMARTS) is 1. The van der Waals surface area contributed by atoms with E-state index in [1.807, 2.05) is 30.3 Å². The predicted octanol–water partition coefficient (Wildman–Crippen LogP) is 3.83. The van der Waals surface area contributed by atoms with Crippen molar-refractivity contribution in [3.05, 3.63) is 101 Å². The molecule has 0 radical (unpaired) electrons. The zero-order chi connectivity index (χ0) is 20.6. The largest absolute Gasteiger partial charge is 0.489 e. The molecule has 0 bridgehead atoms. The van der Waals surface area contributed by atoms with Gasteiger partial charge in [-0.1, -0.05) is 48.5 Å². The van der Waals surface area contributed by atoms with Gasteiger partial charge >= 0.3 is 5.97 Å². The fourth-order valence-corrected chi connectivity index (χ4v) is 2.77. The second kappa shape index (κ2) is 9.50. The Balaban J connectivity index is 1.60. The number of hydrogen-bond donors (Lipinski definition) is 2. The second-order valence-corrected chi connectivity index (χ2v) is 6.50. The molecule has 0 aliphatic rings. The van der Waals surface area contributed by atoms with Crippen LogP contribution in [0.3, 0.4) is 0 Å². The van der Waals surface area contributed by atoms with E-state index in [0.29, 0.717) is 12.4 Å². The number of nitrogens with one attached hydrogen (secondary N) is 1. The molecule has 0 saturated heterocycles. The number of ether oxygens (including phenoxy) is 1. The summed E-state index contributed by atoms with van der Waals surface area (Å²) in [6.07, 6.45) is 0.0926. The summed E-state index contributed by atoms with van der Waals surface area (Å²) < 4.78 is 19.0. The van der Waals surface area contributed by atoms with Gasteiger partial charge in [-0.3, -0.25) is 4.79 Å². The second-order valence-electron chi connectivity index (χ2n) is 6.50. The molecule has 3 rings (SSSR count). The molecule has 0 fully saturated rings. The van der Waals surface area contributed by atoms with Gasteiger partial charge in [-0.25, -0.2) is 9.18 Å². The Bertz CT molecular complexity index is 974. The van der Waals surface area contributed by atoms with E-state index >= 15 is 0 Å². The SMILES string of the molecule is O=C(N[C@@H](Cc1ccc(OCc2ccccc2)cc1)C(=O)O)c1cccc(F)c1. The number of carbonyl (C=O) groups is 2. The molecule has 6 heteroatoms. The number of amides is 1. The van der Waals surface area contributed by atoms with Gasteiger partial charge in [0.05, 0.1) is 0 Å². The first kappa shape index (κ1) is 20.1. The van der Waals surface area contributed by atoms with E-state index in [0.717, 1.165) is 17.2 Å². The Morgan fingerprint density at radius 2 is 1.66 bits per heavy atom. The lowest BCUT2D eigenvalue weighted by Gasteiger charge is -2.15. The van der Waals surface area contributed by atoms with Gasteiger partial charge in [0.15, 0.2) is 0 Å². The van der Waals surface area contributed by atoms with Crippen molar-refractivity contribution in [2.24, 2.45) is 0 Å². The molecule has 3 aromatic rings. The normalized spacial score (nSPS) is 11.5. The van der Waals surface area contributed by atoms with E-state index in [-0.39, 0.29) is 12.0 Å². The van der Waals surface area contributed by atoms with Gasteiger partial charge in [0.2, 0.25) is 0 Å². The van der Waals surface area contributed by atoms with Crippen LogP contribution in [0, 0.1) is 5.82 Å². The van der Waals surface area contributed by atoms with Gasteiger partial charge in [-0.05, 0) is 41.5 Å². The molecule has 29 heavy (non-hydrogen) atoms. The van der Waals surface area contributed by atoms with Gasteiger partial charge in [0, 0.05) is 12.0 Å². The molecular formula is C23H20FNO4. The molecule has 5 nitrogen and oxygen atoms in total. The minimum absolute atomic E-state index is 0.0703. The molecule has 1 atom stereocenters. The average molecular weight is 393 g/mol. The number of hydrogen-bond acceptors (Lipinski definition) is 3. The first-order valence-electron chi connectivity index (χ1n) is 9.06. The van der Waals surface area contributed by atoms with Crippen molar-refractivity contribution in [1.29, 1.82) is 0 Å². The van der Waals surface area contributed by atoms with Gasteiger partial charge in [0.1, 0.15) is 24.2 Å². The van der Waals surface area contributed by atoms with E-state index in [2.05, 4.69) is 5.32 Å². The van der Waals surface area contributed by atoms with Crippen molar-refractivity contribution in [2.75, 3.05) is 0 Å². The molecule has 1 amide bonds. The highest BCUT2D eigenvalue weighted by Gasteiger charge is 2.21. The van der Waals surface area contributed by atoms with Gasteiger partial charge < -0.3 is 15.2 Å². The highest BCUT2D eigenvalue weighted by Crippen LogP contribution is 2.16. The van der Waals surface area contributed by atoms with E-state index in [1.165, 1.54) is 18.2 Å². The lowest BCUT2D eigenvalue weighted by molar-refractivity contribution is -0.139. The number of aliphatic carboxylic acids is 1. The summed E-state index contributed by atoms with van der Waals surface area (Å²) in [5.41, 5.74) is 1.84. The quantitative estimate of drug-likeness (QED) is 0.610. The fraction of sp³-hybridized carbons (Fsp3) is 0.130. The van der Waals surface area contributed by atoms with Gasteiger partial charge in [-0.2, -0.15) is 0 Å². The highest BCUT2D eigenvalue weighted by molar-refractivity contribution is 5.96. The van der Waals surface area contributed by atoms with E-state index in [4.69, 9.17) is 4.74 Å². The molecule has 0 heterocycles. The highest BCUT2D eigenvalue weighted by atomic mass is 19.1. The molecule has 3 aromatic carbocycles. The molecule has 0 unspecified atom stereocenters. The summed E-state index contributed by atoms with van der Waals surface area (Å²) in [4.78, 5) is 23.8. The molecule has 2 N–H and O–H groups in total. The van der Waals surface area contributed by atoms with Crippen LogP contribution in [0.1, 0.15) is 21.5 Å². The van der Waals surface area contributed by atoms with Crippen LogP contribution in [0.4, 0.5) is 4.39 Å². The van der Waals surface area contributed by atoms with Crippen LogP contribution >= 0.6 is 0 Å². The summed E-state index contributed by atoms with van der Waals surface area (Å²) in [5.74, 6) is -1.71. The molecular weight excluding hydrogens is 373 g/mol. The number of carbonyl (C=O) groups excluding carboxylic acids is 1. The predicted molar refractivity (Wildman–Crippen MR) is 106 cm³/mol. The zero-order valence-corrected chi connectivity index (χ0v) is 15.5. The molecule has 0 aliphatic carbocycles. The first-order chi connectivity index (χ1) is 14.0. The van der Waals surface area contributed by atoms with Crippen LogP contribution in [-0.2, 0) is 17.8 Å². The topological polar surface area (TPSA) is 75.6 Å². The van der Waals surface area contributed by atoms with Gasteiger partial charge in [0.25, 0.3) is 5.91 Å². The standard InChI is InChI=1S/C23H20FNO4/c24-19-8-4-7-18(14-19)22(26)25-21(23(27)28)13-16-9-11-20(12-10-16)29-15-17-5-2-1-3-6-17/h1-12,14,21H,13,15H2,(H,25,26)(H,27,28)/t21-/m0/s1. The van der Waals surface area contributed by atoms with Crippen molar-refractivity contribution in [3.8, 4) is 5.75 Å². The molecule has 0 spiro atoms. The van der Waals surface area contributed by atoms with Crippen LogP contribution in [0.25, 0.3) is 0 Å². The van der Waals surface area contributed by atoms with Crippen LogP contribution in [-0.4, -0.2) is 23.0 Å². The van der Waals surface area contributed by atoms with Crippen LogP contribution in [0.2, 0.25) is 0 Å². The third-order valence-corrected chi connectivity index (χ3v) is 4.30. The summed E-state index contributed by atoms with van der Waals surface area (Å²) in [5, 5.41) is 11.9. The third-order valence-electron chi connectivity index (χ3n) is 4.30. The molecule has 0 aromatic heterocycles. The minimum atomic E-state index is -1.17. The Morgan fingerprint density at radius 3 is 2.31 bits per heavy atom. The first-order valence-corrected chi connectivity index (χ1v) is 9.06. The number of carboxylic acids is 1. The van der Waals surface area contributed by atoms with E-state index in [9.17, 15) is 19.1 Å². The van der Waals surface area contributed by atoms with E-state index < -0.39 is 23.7 Å². The van der Waals surface area contributed by atoms with E-state index in [1.54, 1.807) is 24.3 Å². The summed E-state index contributed by atoms with van der Waals surface area (Å²) in [7, 11) is 0. The Labute approximate surface area is 167 Å². The van der Waals surface area contributed by atoms with Crippen molar-refractivity contribution in [1.82, 2.24) is 5.32 Å². The summed E-state index contributed by atoms with van der Waals surface area (Å²) >= 11 is 0. The van der Waals surface area contributed by atoms with Crippen molar-refractivity contribution < 1.29 is 23.8 Å². The zero-order valence-electron chi connectivity index (χ0n) is 15.5. The van der Waals surface area contributed by atoms with Crippen molar-refractivity contribution in [2.45, 2.75) is 19.1 Å². The lowest BCUT2D eigenvalue weighted by atomic mass is 10.1. The molecule has 0 aliphatic heterocycles. The number of benzene rings is 3. The van der Waals surface area contributed by atoms with Crippen molar-refractivity contribution >= 4 is 11.9 Å². The third kappa shape index (κ3) is 5.90. The fourth-order valence-electron chi connectivity index (χ4n) is 2.77. The maximum Gasteiger partial charge on any atom is 0.326 e. The Hall–Kier alpha value is -3.67. The Kier molecular flexibility index (Phi) is 6.58. The average Bonchev–Trinajstić information content (AvgIpc) is 2.73. The summed E-state index contributed by atoms with van der Waals surface area (Å²) in [6, 6.07) is 20.7. The van der Waals surface area contributed by atoms with Crippen molar-refractivity contribution in [3.63, 3.8) is 0 Å². The van der Waals surface area contributed by atoms with Crippen LogP contribution in [0.5, 0.6) is 5.75 Å². The summed E-state index contributed by atoms with van der Waals surface area (Å²) in [6.45, 7) is 0.432. The smallest absolute Gasteiger partial charge is 0.326 e. The minimum Gasteiger partial charge on any atom is -0.489 e. The number of halogens is 1. The number of rotatable bonds is 8. The molecule has 0 saturated carbocycles. The van der Waals surface area contributed by atoms with Gasteiger partial charge in [-0.15, -0.1) is 0 Å². The maximum absolute atomic E-state index is 13.3. The maximum atomic E-state index is 13.3. The lowest BCUT2D eigenvalue weighted by Crippen LogP contribution is -2.42. The Morgan fingerprint density at radius 1 is 0.931 bits per heavy atom. The molecule has 148 valence electrons.